The molecule has 132 valence electrons. The van der Waals surface area contributed by atoms with Crippen LogP contribution in [0.3, 0.4) is 0 Å². The van der Waals surface area contributed by atoms with Gasteiger partial charge in [0, 0.05) is 5.56 Å². The van der Waals surface area contributed by atoms with Gasteiger partial charge >= 0.3 is 11.9 Å². The normalized spacial score (nSPS) is 10.4. The second-order valence-electron chi connectivity index (χ2n) is 5.83. The summed E-state index contributed by atoms with van der Waals surface area (Å²) in [7, 11) is 0. The maximum atomic E-state index is 12.3. The fourth-order valence-electron chi connectivity index (χ4n) is 2.60. The topological polar surface area (TPSA) is 83.8 Å². The lowest BCUT2D eigenvalue weighted by atomic mass is 9.99. The summed E-state index contributed by atoms with van der Waals surface area (Å²) < 4.78 is 5.44. The van der Waals surface area contributed by atoms with E-state index in [0.29, 0.717) is 12.0 Å². The summed E-state index contributed by atoms with van der Waals surface area (Å²) in [6.07, 6.45) is 4.54. The van der Waals surface area contributed by atoms with E-state index < -0.39 is 11.9 Å². The number of carboxylic acid groups (broad SMARTS) is 1. The van der Waals surface area contributed by atoms with Gasteiger partial charge in [0.25, 0.3) is 0 Å². The fourth-order valence-corrected chi connectivity index (χ4v) is 2.60. The van der Waals surface area contributed by atoms with Crippen LogP contribution in [0.2, 0.25) is 0 Å². The van der Waals surface area contributed by atoms with Crippen molar-refractivity contribution >= 4 is 11.9 Å². The quantitative estimate of drug-likeness (QED) is 0.421. The SMILES string of the molecule is CCCCCCc1c(OC(=O)c2ccc(O)cc2)cccc1C(=O)O. The number of carboxylic acids is 1. The molecule has 0 aliphatic heterocycles. The molecule has 0 radical (unpaired) electrons. The first-order valence-corrected chi connectivity index (χ1v) is 8.39. The van der Waals surface area contributed by atoms with Gasteiger partial charge in [-0.25, -0.2) is 9.59 Å². The molecule has 0 fully saturated rings. The summed E-state index contributed by atoms with van der Waals surface area (Å²) in [4.78, 5) is 23.8. The van der Waals surface area contributed by atoms with Crippen molar-refractivity contribution in [1.82, 2.24) is 0 Å². The molecule has 0 saturated heterocycles. The number of ether oxygens (including phenoxy) is 1. The van der Waals surface area contributed by atoms with E-state index in [2.05, 4.69) is 6.92 Å². The number of esters is 1. The molecular formula is C20H22O5. The minimum absolute atomic E-state index is 0.0565. The lowest BCUT2D eigenvalue weighted by molar-refractivity contribution is 0.0685. The maximum absolute atomic E-state index is 12.3. The predicted octanol–water partition coefficient (Wildman–Crippen LogP) is 4.43. The van der Waals surface area contributed by atoms with Crippen LogP contribution < -0.4 is 4.74 Å². The summed E-state index contributed by atoms with van der Waals surface area (Å²) >= 11 is 0. The molecule has 0 amide bonds. The molecule has 0 heterocycles. The molecule has 0 bridgehead atoms. The number of rotatable bonds is 8. The lowest BCUT2D eigenvalue weighted by Crippen LogP contribution is -2.12. The molecule has 0 spiro atoms. The molecule has 0 aromatic heterocycles. The highest BCUT2D eigenvalue weighted by molar-refractivity contribution is 5.93. The van der Waals surface area contributed by atoms with Crippen molar-refractivity contribution in [3.05, 3.63) is 59.2 Å². The van der Waals surface area contributed by atoms with Crippen molar-refractivity contribution in [2.24, 2.45) is 0 Å². The molecule has 2 rings (SSSR count). The highest BCUT2D eigenvalue weighted by Gasteiger charge is 2.17. The standard InChI is InChI=1S/C20H22O5/c1-2-3-4-5-7-16-17(19(22)23)8-6-9-18(16)25-20(24)14-10-12-15(21)13-11-14/h6,8-13,21H,2-5,7H2,1H3,(H,22,23). The Hall–Kier alpha value is -2.82. The van der Waals surface area contributed by atoms with E-state index in [4.69, 9.17) is 4.74 Å². The summed E-state index contributed by atoms with van der Waals surface area (Å²) in [6, 6.07) is 10.4. The summed E-state index contributed by atoms with van der Waals surface area (Å²) in [6.45, 7) is 2.11. The van der Waals surface area contributed by atoms with Crippen LogP contribution in [0, 0.1) is 0 Å². The predicted molar refractivity (Wildman–Crippen MR) is 94.3 cm³/mol. The van der Waals surface area contributed by atoms with E-state index in [1.807, 2.05) is 0 Å². The Morgan fingerprint density at radius 2 is 1.72 bits per heavy atom. The number of aromatic carboxylic acids is 1. The van der Waals surface area contributed by atoms with Gasteiger partial charge in [-0.3, -0.25) is 0 Å². The fraction of sp³-hybridized carbons (Fsp3) is 0.300. The van der Waals surface area contributed by atoms with Gasteiger partial charge in [0.05, 0.1) is 11.1 Å². The Kier molecular flexibility index (Phi) is 6.57. The number of carbonyl (C=O) groups excluding carboxylic acids is 1. The molecule has 25 heavy (non-hydrogen) atoms. The number of benzene rings is 2. The van der Waals surface area contributed by atoms with Crippen LogP contribution in [0.4, 0.5) is 0 Å². The molecular weight excluding hydrogens is 320 g/mol. The van der Waals surface area contributed by atoms with Gasteiger partial charge in [-0.1, -0.05) is 32.3 Å². The van der Waals surface area contributed by atoms with Crippen molar-refractivity contribution < 1.29 is 24.5 Å². The van der Waals surface area contributed by atoms with E-state index in [1.54, 1.807) is 12.1 Å². The van der Waals surface area contributed by atoms with Gasteiger partial charge in [0.15, 0.2) is 0 Å². The van der Waals surface area contributed by atoms with Crippen LogP contribution >= 0.6 is 0 Å². The van der Waals surface area contributed by atoms with Gasteiger partial charge in [-0.2, -0.15) is 0 Å². The van der Waals surface area contributed by atoms with Crippen LogP contribution in [0.5, 0.6) is 11.5 Å². The molecule has 5 heteroatoms. The smallest absolute Gasteiger partial charge is 0.343 e. The first kappa shape index (κ1) is 18.5. The third-order valence-corrected chi connectivity index (χ3v) is 3.95. The number of unbranched alkanes of at least 4 members (excludes halogenated alkanes) is 3. The van der Waals surface area contributed by atoms with Crippen LogP contribution in [-0.4, -0.2) is 22.2 Å². The zero-order valence-corrected chi connectivity index (χ0v) is 14.2. The molecule has 0 saturated carbocycles. The molecule has 0 aliphatic carbocycles. The molecule has 2 aromatic carbocycles. The third kappa shape index (κ3) is 5.08. The number of aromatic hydroxyl groups is 1. The Morgan fingerprint density at radius 3 is 2.36 bits per heavy atom. The number of hydrogen-bond donors (Lipinski definition) is 2. The summed E-state index contributed by atoms with van der Waals surface area (Å²) in [5.74, 6) is -1.29. The first-order valence-electron chi connectivity index (χ1n) is 8.39. The van der Waals surface area contributed by atoms with Crippen LogP contribution in [0.25, 0.3) is 0 Å². The van der Waals surface area contributed by atoms with Crippen molar-refractivity contribution in [2.45, 2.75) is 39.0 Å². The molecule has 2 aromatic rings. The lowest BCUT2D eigenvalue weighted by Gasteiger charge is -2.13. The zero-order valence-electron chi connectivity index (χ0n) is 14.2. The Labute approximate surface area is 146 Å². The van der Waals surface area contributed by atoms with Gasteiger partial charge in [0.1, 0.15) is 11.5 Å². The van der Waals surface area contributed by atoms with Gasteiger partial charge < -0.3 is 14.9 Å². The third-order valence-electron chi connectivity index (χ3n) is 3.95. The Morgan fingerprint density at radius 1 is 1.00 bits per heavy atom. The largest absolute Gasteiger partial charge is 0.508 e. The summed E-state index contributed by atoms with van der Waals surface area (Å²) in [5, 5.41) is 18.7. The van der Waals surface area contributed by atoms with Crippen molar-refractivity contribution in [2.75, 3.05) is 0 Å². The second-order valence-corrected chi connectivity index (χ2v) is 5.83. The van der Waals surface area contributed by atoms with Crippen molar-refractivity contribution in [3.8, 4) is 11.5 Å². The van der Waals surface area contributed by atoms with E-state index >= 15 is 0 Å². The number of phenolic OH excluding ortho intramolecular Hbond substituents is 1. The summed E-state index contributed by atoms with van der Waals surface area (Å²) in [5.41, 5.74) is 0.987. The zero-order chi connectivity index (χ0) is 18.2. The monoisotopic (exact) mass is 342 g/mol. The maximum Gasteiger partial charge on any atom is 0.343 e. The number of hydrogen-bond acceptors (Lipinski definition) is 4. The van der Waals surface area contributed by atoms with E-state index in [0.717, 1.165) is 25.7 Å². The highest BCUT2D eigenvalue weighted by Crippen LogP contribution is 2.26. The first-order chi connectivity index (χ1) is 12.0. The van der Waals surface area contributed by atoms with Crippen LogP contribution in [0.1, 0.15) is 58.9 Å². The second kappa shape index (κ2) is 8.87. The van der Waals surface area contributed by atoms with Crippen molar-refractivity contribution in [1.29, 1.82) is 0 Å². The van der Waals surface area contributed by atoms with Crippen LogP contribution in [-0.2, 0) is 6.42 Å². The Balaban J connectivity index is 2.23. The Bertz CT molecular complexity index is 734. The average Bonchev–Trinajstić information content (AvgIpc) is 2.60. The minimum Gasteiger partial charge on any atom is -0.508 e. The highest BCUT2D eigenvalue weighted by atomic mass is 16.5. The van der Waals surface area contributed by atoms with E-state index in [1.165, 1.54) is 30.3 Å². The molecule has 5 nitrogen and oxygen atoms in total. The van der Waals surface area contributed by atoms with Gasteiger partial charge in [0.2, 0.25) is 0 Å². The van der Waals surface area contributed by atoms with E-state index in [9.17, 15) is 19.8 Å². The number of phenols is 1. The molecule has 2 N–H and O–H groups in total. The molecule has 0 unspecified atom stereocenters. The molecule has 0 aliphatic rings. The number of carbonyl (C=O) groups is 2. The van der Waals surface area contributed by atoms with Crippen molar-refractivity contribution in [3.63, 3.8) is 0 Å². The van der Waals surface area contributed by atoms with Gasteiger partial charge in [-0.15, -0.1) is 0 Å². The van der Waals surface area contributed by atoms with Crippen LogP contribution in [0.15, 0.2) is 42.5 Å². The minimum atomic E-state index is -1.03. The average molecular weight is 342 g/mol. The van der Waals surface area contributed by atoms with Gasteiger partial charge in [-0.05, 0) is 49.2 Å². The van der Waals surface area contributed by atoms with E-state index in [-0.39, 0.29) is 22.6 Å². The molecule has 0 atom stereocenters.